The third-order valence-corrected chi connectivity index (χ3v) is 26.9. The third kappa shape index (κ3) is 86.7. The fraction of sp³-hybridized carbons (Fsp3) is 0.957. The van der Waals surface area contributed by atoms with Crippen molar-refractivity contribution < 1.29 is 24.6 Å². The maximum absolute atomic E-state index is 11.6. The van der Waals surface area contributed by atoms with Crippen LogP contribution in [0.5, 0.6) is 0 Å². The summed E-state index contributed by atoms with van der Waals surface area (Å²) >= 11 is 0. The smallest absolute Gasteiger partial charge is 0.246 e. The van der Waals surface area contributed by atoms with E-state index in [0.29, 0.717) is 49.2 Å². The van der Waals surface area contributed by atoms with Crippen LogP contribution in [0.4, 0.5) is 0 Å². The van der Waals surface area contributed by atoms with Crippen molar-refractivity contribution in [1.29, 1.82) is 0 Å². The third-order valence-electron chi connectivity index (χ3n) is 26.9. The highest BCUT2D eigenvalue weighted by atomic mass is 16.3. The summed E-state index contributed by atoms with van der Waals surface area (Å²) < 4.78 is 0. The number of hydrogen-bond donors (Lipinski definition) is 8. The van der Waals surface area contributed by atoms with Gasteiger partial charge in [-0.2, -0.15) is 0 Å². The van der Waals surface area contributed by atoms with Gasteiger partial charge in [0.2, 0.25) is 17.7 Å². The zero-order valence-electron chi connectivity index (χ0n) is 97.9. The maximum atomic E-state index is 11.6. The van der Waals surface area contributed by atoms with E-state index in [4.69, 9.17) is 10.2 Å². The molecule has 11 aliphatic heterocycles. The van der Waals surface area contributed by atoms with Crippen LogP contribution in [0.3, 0.4) is 0 Å². The van der Waals surface area contributed by atoms with E-state index in [1.54, 1.807) is 6.08 Å². The highest BCUT2D eigenvalue weighted by Gasteiger charge is 2.24. The van der Waals surface area contributed by atoms with Gasteiger partial charge in [0.05, 0.1) is 13.2 Å². The molecule has 0 aromatic carbocycles. The molecule has 11 saturated heterocycles. The summed E-state index contributed by atoms with van der Waals surface area (Å²) in [5, 5.41) is 37.7. The maximum Gasteiger partial charge on any atom is 0.246 e. The zero-order chi connectivity index (χ0) is 105. The van der Waals surface area contributed by atoms with E-state index in [0.717, 1.165) is 185 Å². The van der Waals surface area contributed by atoms with Crippen molar-refractivity contribution in [2.45, 2.75) is 285 Å². The number of nitrogens with zero attached hydrogens (tertiary/aromatic N) is 16. The Morgan fingerprint density at radius 3 is 0.757 bits per heavy atom. The van der Waals surface area contributed by atoms with Crippen LogP contribution in [0, 0.1) is 65.1 Å². The Hall–Kier alpha value is -2.69. The molecule has 27 heteroatoms. The van der Waals surface area contributed by atoms with E-state index in [9.17, 15) is 14.4 Å². The molecule has 0 aromatic heterocycles. The van der Waals surface area contributed by atoms with Gasteiger partial charge in [-0.05, 0) is 332 Å². The number of aliphatic hydroxyl groups is 2. The van der Waals surface area contributed by atoms with Crippen molar-refractivity contribution in [3.63, 3.8) is 0 Å². The largest absolute Gasteiger partial charge is 0.395 e. The number of likely N-dealkylation sites (N-methyl/N-ethyl adjacent to an activating group) is 1. The molecular weight excluding hydrogens is 1790 g/mol. The highest BCUT2D eigenvalue weighted by Crippen LogP contribution is 2.15. The second-order valence-electron chi connectivity index (χ2n) is 46.8. The Bertz CT molecular complexity index is 2720. The molecule has 11 rings (SSSR count). The second-order valence-corrected chi connectivity index (χ2v) is 46.8. The Balaban J connectivity index is -0.00000152. The van der Waals surface area contributed by atoms with Crippen LogP contribution in [-0.2, 0) is 14.4 Å². The number of aliphatic hydroxyl groups excluding tert-OH is 2. The number of hydrogen-bond acceptors (Lipinski definition) is 24. The van der Waals surface area contributed by atoms with E-state index in [1.807, 2.05) is 20.8 Å². The number of amides is 3. The molecule has 8 N–H and O–H groups in total. The van der Waals surface area contributed by atoms with Gasteiger partial charge in [-0.3, -0.25) is 19.3 Å². The molecule has 144 heavy (non-hydrogen) atoms. The minimum Gasteiger partial charge on any atom is -0.395 e. The van der Waals surface area contributed by atoms with Crippen LogP contribution in [0.15, 0.2) is 12.2 Å². The first-order chi connectivity index (χ1) is 67.5. The molecule has 11 heterocycles. The molecule has 0 atom stereocenters. The summed E-state index contributed by atoms with van der Waals surface area (Å²) in [5.74, 6) is 8.78. The Morgan fingerprint density at radius 2 is 0.472 bits per heavy atom. The fourth-order valence-electron chi connectivity index (χ4n) is 19.9. The minimum absolute atomic E-state index is 0. The fourth-order valence-corrected chi connectivity index (χ4v) is 19.9. The average molecular weight is 2050 g/mol. The lowest BCUT2D eigenvalue weighted by Gasteiger charge is -2.30. The van der Waals surface area contributed by atoms with Gasteiger partial charge in [-0.25, -0.2) is 0 Å². The van der Waals surface area contributed by atoms with Crippen molar-refractivity contribution >= 4 is 17.7 Å². The van der Waals surface area contributed by atoms with Crippen molar-refractivity contribution in [2.75, 3.05) is 387 Å². The first kappa shape index (κ1) is 145. The van der Waals surface area contributed by atoms with Gasteiger partial charge < -0.3 is 116 Å². The van der Waals surface area contributed by atoms with Crippen molar-refractivity contribution in [1.82, 2.24) is 110 Å². The summed E-state index contributed by atoms with van der Waals surface area (Å²) in [6, 6.07) is 0. The molecule has 11 aliphatic rings. The van der Waals surface area contributed by atoms with E-state index in [1.165, 1.54) is 319 Å². The standard InChI is InChI=1S/C12H26N2O.C12H26N2.C11H24N2O.2C11H24N2.C10H20N2O.C10H18N2O.C10H22N2.C9H18N2O.2C9H20N2.3CH4/c1-12(2)11-14-7-3-5-13(9-10-15)6-4-8-14;1-4-13-7-5-9-14(10-6-8-13)11-12(2)3;1-11(2)10-13-5-3-4-12(6-7-13)8-9-14;1-11(2)10-13-8-4-6-12(3)7-5-9-13;1-4-12-6-5-7-13(9-8-12)10-11(2)3;2*1-9(2)3-4-10(13)12-7-5-11-6-8-12;1-10(2)9-12-7-3-5-11-6-4-8-12;1-8(2)7-9(12)11-5-3-10-4-6-11;2*1-9(2)8-11-6-3-4-10-5-7-11;;;/h12,15H,3-11H2,1-2H3;12H,4-11H2,1-3H3;11,14H,3-10H2,1-2H3;2*11H,4-10H2,1-3H3;9,11H,3-8H2,1-2H3;3-4,9,11H,5-8H2,1-2H3;10-11H,3-9H2,1-2H3;8,10H,3-7H2,1-2H3;2*9-10H,3-8H2,1-2H3;3*1H4/b;;;;;;4-3+;;;;;;;. The van der Waals surface area contributed by atoms with E-state index < -0.39 is 0 Å². The van der Waals surface area contributed by atoms with Crippen LogP contribution in [0.2, 0.25) is 0 Å². The second kappa shape index (κ2) is 96.1. The molecule has 0 bridgehead atoms. The SMILES string of the molecule is C.C.C.CC(C)/C=C/C(=O)N1CCNCC1.CC(C)CC(=O)N1CCNCC1.CC(C)CCC(=O)N1CCNCC1.CC(C)CN1CCCN(C)CCC1.CC(C)CN1CCCN(CCO)CC1.CC(C)CN1CCCN(CCO)CCC1.CC(C)CN1CCCNCC1.CC(C)CN1CCCNCC1.CC(C)CN1CCCNCCC1.CCN1CCCN(CC(C)C)CC1.CCN1CCCN(CC(C)C)CCC1. The van der Waals surface area contributed by atoms with Gasteiger partial charge in [0.15, 0.2) is 0 Å². The van der Waals surface area contributed by atoms with Crippen molar-refractivity contribution in [3.8, 4) is 0 Å². The van der Waals surface area contributed by atoms with Crippen LogP contribution in [0.25, 0.3) is 0 Å². The van der Waals surface area contributed by atoms with E-state index in [-0.39, 0.29) is 28.2 Å². The van der Waals surface area contributed by atoms with Gasteiger partial charge in [-0.1, -0.05) is 195 Å². The molecule has 0 spiro atoms. The van der Waals surface area contributed by atoms with Gasteiger partial charge in [0.25, 0.3) is 0 Å². The summed E-state index contributed by atoms with van der Waals surface area (Å²) in [7, 11) is 2.23. The summed E-state index contributed by atoms with van der Waals surface area (Å²) in [6.45, 7) is 119. The molecule has 11 fully saturated rings. The monoisotopic (exact) mass is 2050 g/mol. The Morgan fingerprint density at radius 1 is 0.250 bits per heavy atom. The summed E-state index contributed by atoms with van der Waals surface area (Å²) in [4.78, 5) is 73.5. The lowest BCUT2D eigenvalue weighted by atomic mass is 10.1. The number of allylic oxidation sites excluding steroid dienone is 1. The average Bonchev–Trinajstić information content (AvgIpc) is 1.46. The summed E-state index contributed by atoms with van der Waals surface area (Å²) in [5.41, 5.74) is 0. The Labute approximate surface area is 896 Å². The molecule has 0 unspecified atom stereocenters. The molecule has 27 nitrogen and oxygen atoms in total. The van der Waals surface area contributed by atoms with Crippen molar-refractivity contribution in [3.05, 3.63) is 12.2 Å². The lowest BCUT2D eigenvalue weighted by molar-refractivity contribution is -0.133. The van der Waals surface area contributed by atoms with Gasteiger partial charge in [-0.15, -0.1) is 0 Å². The normalized spacial score (nSPS) is 20.6. The number of carbonyl (C=O) groups excluding carboxylic acids is 3. The Kier molecular flexibility index (Phi) is 97.1. The van der Waals surface area contributed by atoms with Crippen LogP contribution in [0.1, 0.15) is 285 Å². The highest BCUT2D eigenvalue weighted by molar-refractivity contribution is 5.87. The zero-order valence-corrected chi connectivity index (χ0v) is 97.9. The van der Waals surface area contributed by atoms with Crippen LogP contribution < -0.4 is 31.9 Å². The molecule has 3 amide bonds. The quantitative estimate of drug-likeness (QED) is 0.0327. The number of rotatable bonds is 29. The predicted octanol–water partition coefficient (Wildman–Crippen LogP) is 14.1. The van der Waals surface area contributed by atoms with Gasteiger partial charge >= 0.3 is 0 Å². The summed E-state index contributed by atoms with van der Waals surface area (Å²) in [6.07, 6.45) is 21.8. The lowest BCUT2D eigenvalue weighted by Crippen LogP contribution is -2.46. The van der Waals surface area contributed by atoms with Crippen LogP contribution >= 0.6 is 0 Å². The van der Waals surface area contributed by atoms with Gasteiger partial charge in [0, 0.05) is 209 Å². The van der Waals surface area contributed by atoms with Gasteiger partial charge in [0.1, 0.15) is 0 Å². The number of piperazine rings is 3. The predicted molar refractivity (Wildman–Crippen MR) is 629 cm³/mol. The van der Waals surface area contributed by atoms with Crippen molar-refractivity contribution in [2.24, 2.45) is 65.1 Å². The van der Waals surface area contributed by atoms with Crippen LogP contribution in [-0.4, -0.2) is 493 Å². The first-order valence-corrected chi connectivity index (χ1v) is 58.9. The first-order valence-electron chi connectivity index (χ1n) is 58.9. The van der Waals surface area contributed by atoms with E-state index >= 15 is 0 Å². The van der Waals surface area contributed by atoms with E-state index in [2.05, 4.69) is 269 Å². The molecule has 0 saturated carbocycles. The number of β-amino-alcohol motifs (C(OH)–C–C–N with tert-alkyl or cyclic N) is 2. The minimum atomic E-state index is 0. The molecule has 0 aliphatic carbocycles. The molecular formula is C117H254N22O5. The molecule has 0 aromatic rings. The molecule has 0 radical (unpaired) electrons. The molecule has 862 valence electrons. The number of nitrogens with one attached hydrogen (secondary N) is 6. The topological polar surface area (TPSA) is 216 Å². The number of carbonyl (C=O) groups is 3.